The van der Waals surface area contributed by atoms with Gasteiger partial charge in [0.15, 0.2) is 0 Å². The van der Waals surface area contributed by atoms with Crippen molar-refractivity contribution in [2.75, 3.05) is 0 Å². The summed E-state index contributed by atoms with van der Waals surface area (Å²) in [5.41, 5.74) is 1.000. The van der Waals surface area contributed by atoms with Crippen molar-refractivity contribution >= 4 is 8.80 Å². The minimum Gasteiger partial charge on any atom is -0.343 e. The van der Waals surface area contributed by atoms with E-state index >= 15 is 0 Å². The van der Waals surface area contributed by atoms with Crippen molar-refractivity contribution in [2.24, 2.45) is 0 Å². The van der Waals surface area contributed by atoms with Gasteiger partial charge >= 0.3 is 18.9 Å². The maximum atomic E-state index is 3.99. The van der Waals surface area contributed by atoms with E-state index in [4.69, 9.17) is 0 Å². The number of rotatable bonds is 5. The molecule has 1 unspecified atom stereocenters. The summed E-state index contributed by atoms with van der Waals surface area (Å²) in [6.07, 6.45) is 5.36. The van der Waals surface area contributed by atoms with Crippen LogP contribution in [-0.2, 0) is 0 Å². The maximum Gasteiger partial charge on any atom is 1.00 e. The fourth-order valence-electron chi connectivity index (χ4n) is 1.28. The molecule has 2 heteroatoms. The molecule has 0 nitrogen and oxygen atoms in total. The molecule has 0 bridgehead atoms. The van der Waals surface area contributed by atoms with Gasteiger partial charge in [0.2, 0.25) is 0 Å². The van der Waals surface area contributed by atoms with E-state index < -0.39 is 0 Å². The summed E-state index contributed by atoms with van der Waals surface area (Å²) in [5.74, 6) is 0. The van der Waals surface area contributed by atoms with Crippen LogP contribution < -0.4 is 18.9 Å². The smallest absolute Gasteiger partial charge is 0.343 e. The first kappa shape index (κ1) is 14.3. The van der Waals surface area contributed by atoms with Gasteiger partial charge in [0.25, 0.3) is 0 Å². The molecular formula is C9H21LiSi. The van der Waals surface area contributed by atoms with E-state index in [9.17, 15) is 0 Å². The quantitative estimate of drug-likeness (QED) is 0.404. The molecule has 0 saturated carbocycles. The van der Waals surface area contributed by atoms with Gasteiger partial charge in [-0.3, -0.25) is 0 Å². The van der Waals surface area contributed by atoms with E-state index in [0.29, 0.717) is 0 Å². The number of unbranched alkanes of at least 4 members (excludes halogenated alkanes) is 1. The van der Waals surface area contributed by atoms with Gasteiger partial charge in [-0.1, -0.05) is 44.8 Å². The molecular weight excluding hydrogens is 143 g/mol. The van der Waals surface area contributed by atoms with Gasteiger partial charge in [0, 0.05) is 8.80 Å². The van der Waals surface area contributed by atoms with E-state index in [0.717, 1.165) is 5.54 Å². The Bertz CT molecular complexity index is 74.0. The first-order chi connectivity index (χ1) is 4.72. The van der Waals surface area contributed by atoms with Crippen LogP contribution in [0, 0.1) is 6.92 Å². The zero-order valence-corrected chi connectivity index (χ0v) is 9.84. The van der Waals surface area contributed by atoms with Crippen molar-refractivity contribution in [3.8, 4) is 0 Å². The Hall–Kier alpha value is 0.814. The van der Waals surface area contributed by atoms with E-state index in [1.165, 1.54) is 25.7 Å². The first-order valence-electron chi connectivity index (χ1n) is 4.51. The topological polar surface area (TPSA) is 0 Å². The summed E-state index contributed by atoms with van der Waals surface area (Å²) >= 11 is 0. The molecule has 0 spiro atoms. The molecule has 0 aliphatic heterocycles. The van der Waals surface area contributed by atoms with Crippen molar-refractivity contribution in [3.05, 3.63) is 6.92 Å². The molecule has 0 aliphatic carbocycles. The van der Waals surface area contributed by atoms with Gasteiger partial charge in [-0.2, -0.15) is 6.42 Å². The van der Waals surface area contributed by atoms with Gasteiger partial charge < -0.3 is 6.92 Å². The molecule has 1 atom stereocenters. The maximum absolute atomic E-state index is 3.99. The molecule has 0 aromatic heterocycles. The summed E-state index contributed by atoms with van der Waals surface area (Å²) in [7, 11) is -0.380. The van der Waals surface area contributed by atoms with Crippen molar-refractivity contribution in [3.63, 3.8) is 0 Å². The van der Waals surface area contributed by atoms with Gasteiger partial charge in [-0.25, -0.2) is 0 Å². The van der Waals surface area contributed by atoms with Crippen LogP contribution in [0.15, 0.2) is 0 Å². The summed E-state index contributed by atoms with van der Waals surface area (Å²) in [5, 5.41) is 0. The minimum atomic E-state index is -0.380. The van der Waals surface area contributed by atoms with Crippen LogP contribution in [0.3, 0.4) is 0 Å². The Morgan fingerprint density at radius 1 is 1.36 bits per heavy atom. The molecule has 62 valence electrons. The van der Waals surface area contributed by atoms with E-state index in [1.807, 2.05) is 0 Å². The molecule has 0 saturated heterocycles. The first-order valence-corrected chi connectivity index (χ1v) is 7.49. The van der Waals surface area contributed by atoms with Crippen LogP contribution >= 0.6 is 0 Å². The van der Waals surface area contributed by atoms with E-state index in [-0.39, 0.29) is 27.7 Å². The van der Waals surface area contributed by atoms with Gasteiger partial charge in [0.05, 0.1) is 0 Å². The second-order valence-electron chi connectivity index (χ2n) is 3.44. The fourth-order valence-corrected chi connectivity index (χ4v) is 2.85. The predicted octanol–water partition coefficient (Wildman–Crippen LogP) is 0.262. The Labute approximate surface area is 85.9 Å². The Balaban J connectivity index is 0. The number of hydrogen-bond donors (Lipinski definition) is 0. The SMILES string of the molecule is [CH2-]CC(CCCC)[SiH](C)C.[Li+]. The molecule has 0 aromatic rings. The van der Waals surface area contributed by atoms with E-state index in [2.05, 4.69) is 26.9 Å². The molecule has 0 aliphatic rings. The molecule has 0 fully saturated rings. The Morgan fingerprint density at radius 2 is 1.91 bits per heavy atom. The Kier molecular flexibility index (Phi) is 11.6. The standard InChI is InChI=1S/C9H21Si.Li/c1-5-7-8-9(6-2)10(3)4;/h9-10H,2,5-8H2,1,3-4H3;/q-1;+1. The summed E-state index contributed by atoms with van der Waals surface area (Å²) < 4.78 is 0. The van der Waals surface area contributed by atoms with Crippen molar-refractivity contribution in [1.29, 1.82) is 0 Å². The zero-order chi connectivity index (χ0) is 7.98. The molecule has 11 heavy (non-hydrogen) atoms. The molecule has 0 aromatic carbocycles. The molecule has 0 radical (unpaired) electrons. The average molecular weight is 164 g/mol. The minimum absolute atomic E-state index is 0. The van der Waals surface area contributed by atoms with Crippen LogP contribution in [0.2, 0.25) is 18.6 Å². The molecule has 0 rings (SSSR count). The average Bonchev–Trinajstić information content (AvgIpc) is 1.89. The molecule has 0 heterocycles. The third-order valence-electron chi connectivity index (χ3n) is 2.24. The summed E-state index contributed by atoms with van der Waals surface area (Å²) in [6, 6.07) is 0. The Morgan fingerprint density at radius 3 is 2.18 bits per heavy atom. The second-order valence-corrected chi connectivity index (χ2v) is 6.87. The van der Waals surface area contributed by atoms with Crippen molar-refractivity contribution in [2.45, 2.75) is 51.2 Å². The summed E-state index contributed by atoms with van der Waals surface area (Å²) in [4.78, 5) is 0. The van der Waals surface area contributed by atoms with Gasteiger partial charge in [0.1, 0.15) is 0 Å². The van der Waals surface area contributed by atoms with Crippen LogP contribution in [0.1, 0.15) is 32.6 Å². The van der Waals surface area contributed by atoms with Crippen LogP contribution in [0.25, 0.3) is 0 Å². The van der Waals surface area contributed by atoms with Crippen LogP contribution in [-0.4, -0.2) is 8.80 Å². The van der Waals surface area contributed by atoms with Crippen molar-refractivity contribution < 1.29 is 18.9 Å². The van der Waals surface area contributed by atoms with Crippen LogP contribution in [0.5, 0.6) is 0 Å². The molecule has 0 amide bonds. The zero-order valence-electron chi connectivity index (χ0n) is 8.69. The second kappa shape index (κ2) is 8.91. The van der Waals surface area contributed by atoms with Gasteiger partial charge in [-0.05, 0) is 0 Å². The third kappa shape index (κ3) is 7.18. The van der Waals surface area contributed by atoms with Crippen LogP contribution in [0.4, 0.5) is 0 Å². The fraction of sp³-hybridized carbons (Fsp3) is 0.889. The van der Waals surface area contributed by atoms with E-state index in [1.54, 1.807) is 0 Å². The number of hydrogen-bond acceptors (Lipinski definition) is 0. The molecule has 0 N–H and O–H groups in total. The summed E-state index contributed by atoms with van der Waals surface area (Å²) in [6.45, 7) is 11.1. The third-order valence-corrected chi connectivity index (χ3v) is 4.79. The monoisotopic (exact) mass is 164 g/mol. The largest absolute Gasteiger partial charge is 1.00 e. The normalized spacial score (nSPS) is 12.8. The van der Waals surface area contributed by atoms with Crippen molar-refractivity contribution in [1.82, 2.24) is 0 Å². The predicted molar refractivity (Wildman–Crippen MR) is 52.1 cm³/mol. The van der Waals surface area contributed by atoms with Gasteiger partial charge in [-0.15, -0.1) is 0 Å².